The van der Waals surface area contributed by atoms with Gasteiger partial charge in [0, 0.05) is 6.54 Å². The van der Waals surface area contributed by atoms with Crippen molar-refractivity contribution in [2.75, 3.05) is 6.54 Å². The van der Waals surface area contributed by atoms with E-state index >= 15 is 0 Å². The number of hydrogen-bond donors (Lipinski definition) is 2. The average molecular weight is 268 g/mol. The fourth-order valence-electron chi connectivity index (χ4n) is 3.16. The van der Waals surface area contributed by atoms with Gasteiger partial charge in [-0.2, -0.15) is 0 Å². The van der Waals surface area contributed by atoms with Crippen molar-refractivity contribution in [3.8, 4) is 0 Å². The Kier molecular flexibility index (Phi) is 3.95. The van der Waals surface area contributed by atoms with Gasteiger partial charge in [-0.25, -0.2) is 0 Å². The van der Waals surface area contributed by atoms with Crippen molar-refractivity contribution < 1.29 is 4.79 Å². The van der Waals surface area contributed by atoms with Gasteiger partial charge in [0.15, 0.2) is 0 Å². The van der Waals surface area contributed by atoms with E-state index in [4.69, 9.17) is 18.0 Å². The van der Waals surface area contributed by atoms with Crippen LogP contribution in [-0.4, -0.2) is 17.4 Å². The molecule has 2 saturated carbocycles. The highest BCUT2D eigenvalue weighted by Gasteiger charge is 2.47. The van der Waals surface area contributed by atoms with E-state index in [2.05, 4.69) is 12.2 Å². The molecule has 0 aliphatic heterocycles. The van der Waals surface area contributed by atoms with Crippen molar-refractivity contribution in [2.45, 2.75) is 58.3 Å². The van der Waals surface area contributed by atoms with Crippen LogP contribution in [0.3, 0.4) is 0 Å². The van der Waals surface area contributed by atoms with E-state index in [1.165, 1.54) is 32.1 Å². The molecule has 1 amide bonds. The van der Waals surface area contributed by atoms with Crippen LogP contribution in [-0.2, 0) is 4.79 Å². The molecule has 0 aromatic carbocycles. The summed E-state index contributed by atoms with van der Waals surface area (Å²) in [6, 6.07) is 0. The van der Waals surface area contributed by atoms with Gasteiger partial charge >= 0.3 is 0 Å². The number of amides is 1. The van der Waals surface area contributed by atoms with Gasteiger partial charge in [-0.05, 0) is 31.1 Å². The van der Waals surface area contributed by atoms with Gasteiger partial charge in [0.25, 0.3) is 0 Å². The van der Waals surface area contributed by atoms with Crippen LogP contribution in [0.15, 0.2) is 0 Å². The van der Waals surface area contributed by atoms with Crippen molar-refractivity contribution in [1.82, 2.24) is 5.32 Å². The van der Waals surface area contributed by atoms with E-state index in [1.807, 2.05) is 0 Å². The molecule has 18 heavy (non-hydrogen) atoms. The Labute approximate surface area is 115 Å². The van der Waals surface area contributed by atoms with Crippen LogP contribution in [0.5, 0.6) is 0 Å². The normalized spacial score (nSPS) is 24.9. The predicted molar refractivity (Wildman–Crippen MR) is 77.3 cm³/mol. The predicted octanol–water partition coefficient (Wildman–Crippen LogP) is 2.53. The highest BCUT2D eigenvalue weighted by atomic mass is 32.1. The van der Waals surface area contributed by atoms with Crippen LogP contribution >= 0.6 is 12.2 Å². The number of carbonyl (C=O) groups is 1. The first-order valence-corrected chi connectivity index (χ1v) is 7.48. The Morgan fingerprint density at radius 3 is 2.22 bits per heavy atom. The van der Waals surface area contributed by atoms with Crippen molar-refractivity contribution in [3.63, 3.8) is 0 Å². The van der Waals surface area contributed by atoms with Crippen molar-refractivity contribution in [3.05, 3.63) is 0 Å². The van der Waals surface area contributed by atoms with Crippen LogP contribution in [0.25, 0.3) is 0 Å². The first-order chi connectivity index (χ1) is 8.49. The van der Waals surface area contributed by atoms with Crippen LogP contribution in [0.2, 0.25) is 0 Å². The third-order valence-electron chi connectivity index (χ3n) is 4.85. The standard InChI is InChI=1S/C14H24N2OS/c1-13(6-3-2-4-7-13)10-16-12(17)14(11(15)18)8-5-9-14/h2-10H2,1H3,(H2,15,18)(H,16,17). The van der Waals surface area contributed by atoms with E-state index in [0.29, 0.717) is 4.99 Å². The molecule has 2 fully saturated rings. The summed E-state index contributed by atoms with van der Waals surface area (Å²) in [7, 11) is 0. The molecule has 0 aromatic rings. The van der Waals surface area contributed by atoms with Crippen LogP contribution in [0.1, 0.15) is 58.3 Å². The minimum absolute atomic E-state index is 0.0630. The molecule has 0 bridgehead atoms. The molecule has 2 aliphatic carbocycles. The fourth-order valence-corrected chi connectivity index (χ4v) is 3.46. The first-order valence-electron chi connectivity index (χ1n) is 7.07. The molecule has 4 heteroatoms. The van der Waals surface area contributed by atoms with Crippen LogP contribution < -0.4 is 11.1 Å². The zero-order chi connectivity index (χ0) is 13.2. The number of hydrogen-bond acceptors (Lipinski definition) is 2. The van der Waals surface area contributed by atoms with Crippen molar-refractivity contribution in [1.29, 1.82) is 0 Å². The first kappa shape index (κ1) is 13.8. The maximum Gasteiger partial charge on any atom is 0.233 e. The second-order valence-electron chi connectivity index (χ2n) is 6.35. The van der Waals surface area contributed by atoms with E-state index in [9.17, 15) is 4.79 Å². The summed E-state index contributed by atoms with van der Waals surface area (Å²) >= 11 is 5.07. The summed E-state index contributed by atoms with van der Waals surface area (Å²) in [5, 5.41) is 3.11. The van der Waals surface area contributed by atoms with E-state index in [0.717, 1.165) is 25.8 Å². The van der Waals surface area contributed by atoms with E-state index in [-0.39, 0.29) is 11.3 Å². The lowest BCUT2D eigenvalue weighted by Gasteiger charge is -2.41. The van der Waals surface area contributed by atoms with Gasteiger partial charge < -0.3 is 11.1 Å². The molecule has 2 aliphatic rings. The molecule has 0 heterocycles. The average Bonchev–Trinajstić information content (AvgIpc) is 2.25. The molecule has 2 rings (SSSR count). The quantitative estimate of drug-likeness (QED) is 0.770. The molecule has 102 valence electrons. The number of nitrogens with one attached hydrogen (secondary N) is 1. The smallest absolute Gasteiger partial charge is 0.233 e. The highest BCUT2D eigenvalue weighted by Crippen LogP contribution is 2.42. The second kappa shape index (κ2) is 5.16. The largest absolute Gasteiger partial charge is 0.392 e. The third-order valence-corrected chi connectivity index (χ3v) is 5.24. The summed E-state index contributed by atoms with van der Waals surface area (Å²) in [5.74, 6) is 0.0630. The third kappa shape index (κ3) is 2.53. The van der Waals surface area contributed by atoms with Gasteiger partial charge in [0.1, 0.15) is 0 Å². The Balaban J connectivity index is 1.89. The lowest BCUT2D eigenvalue weighted by Crippen LogP contribution is -2.54. The number of nitrogens with two attached hydrogens (primary N) is 1. The molecule has 0 radical (unpaired) electrons. The lowest BCUT2D eigenvalue weighted by molar-refractivity contribution is -0.131. The Hall–Kier alpha value is -0.640. The molecule has 3 N–H and O–H groups in total. The zero-order valence-electron chi connectivity index (χ0n) is 11.3. The van der Waals surface area contributed by atoms with Gasteiger partial charge in [-0.1, -0.05) is 44.8 Å². The summed E-state index contributed by atoms with van der Waals surface area (Å²) in [6.07, 6.45) is 9.04. The maximum absolute atomic E-state index is 12.3. The van der Waals surface area contributed by atoms with Crippen LogP contribution in [0, 0.1) is 10.8 Å². The molecule has 0 saturated heterocycles. The fraction of sp³-hybridized carbons (Fsp3) is 0.857. The molecule has 0 unspecified atom stereocenters. The van der Waals surface area contributed by atoms with Gasteiger partial charge in [-0.3, -0.25) is 4.79 Å². The molecular weight excluding hydrogens is 244 g/mol. The summed E-state index contributed by atoms with van der Waals surface area (Å²) < 4.78 is 0. The Morgan fingerprint density at radius 2 is 1.78 bits per heavy atom. The van der Waals surface area contributed by atoms with Crippen LogP contribution in [0.4, 0.5) is 0 Å². The molecule has 0 atom stereocenters. The van der Waals surface area contributed by atoms with Crippen molar-refractivity contribution >= 4 is 23.1 Å². The van der Waals surface area contributed by atoms with Gasteiger partial charge in [-0.15, -0.1) is 0 Å². The van der Waals surface area contributed by atoms with E-state index in [1.54, 1.807) is 0 Å². The molecule has 0 spiro atoms. The Bertz CT molecular complexity index is 344. The molecular formula is C14H24N2OS. The molecule has 0 aromatic heterocycles. The number of thiocarbonyl (C=S) groups is 1. The summed E-state index contributed by atoms with van der Waals surface area (Å²) in [5.41, 5.74) is 5.49. The monoisotopic (exact) mass is 268 g/mol. The zero-order valence-corrected chi connectivity index (χ0v) is 12.1. The van der Waals surface area contributed by atoms with Gasteiger partial charge in [0.2, 0.25) is 5.91 Å². The van der Waals surface area contributed by atoms with Gasteiger partial charge in [0.05, 0.1) is 10.4 Å². The van der Waals surface area contributed by atoms with Crippen molar-refractivity contribution in [2.24, 2.45) is 16.6 Å². The lowest BCUT2D eigenvalue weighted by atomic mass is 9.67. The summed E-state index contributed by atoms with van der Waals surface area (Å²) in [4.78, 5) is 12.7. The molecule has 3 nitrogen and oxygen atoms in total. The minimum atomic E-state index is -0.527. The topological polar surface area (TPSA) is 55.1 Å². The second-order valence-corrected chi connectivity index (χ2v) is 6.79. The van der Waals surface area contributed by atoms with E-state index < -0.39 is 5.41 Å². The number of carbonyl (C=O) groups excluding carboxylic acids is 1. The maximum atomic E-state index is 12.3. The Morgan fingerprint density at radius 1 is 1.17 bits per heavy atom. The summed E-state index contributed by atoms with van der Waals surface area (Å²) in [6.45, 7) is 3.05. The number of rotatable bonds is 4. The SMILES string of the molecule is CC1(CNC(=O)C2(C(N)=S)CCC2)CCCCC1. The minimum Gasteiger partial charge on any atom is -0.392 e. The highest BCUT2D eigenvalue weighted by molar-refractivity contribution is 7.80.